The summed E-state index contributed by atoms with van der Waals surface area (Å²) in [6, 6.07) is 7.34. The minimum atomic E-state index is -3.32. The van der Waals surface area contributed by atoms with Crippen molar-refractivity contribution in [2.45, 2.75) is 25.3 Å². The zero-order chi connectivity index (χ0) is 13.7. The molecule has 0 spiro atoms. The van der Waals surface area contributed by atoms with E-state index in [1.807, 2.05) is 0 Å². The molecule has 1 unspecified atom stereocenters. The van der Waals surface area contributed by atoms with Crippen LogP contribution in [-0.4, -0.2) is 33.9 Å². The fourth-order valence-corrected chi connectivity index (χ4v) is 3.45. The van der Waals surface area contributed by atoms with E-state index in [1.165, 1.54) is 7.11 Å². The average Bonchev–Trinajstić information content (AvgIpc) is 2.90. The highest BCUT2D eigenvalue weighted by Crippen LogP contribution is 2.24. The molecular weight excluding hydrogens is 264 g/mol. The lowest BCUT2D eigenvalue weighted by Gasteiger charge is -2.13. The van der Waals surface area contributed by atoms with Gasteiger partial charge in [0, 0.05) is 6.04 Å². The Morgan fingerprint density at radius 2 is 2.21 bits per heavy atom. The molecule has 1 aromatic rings. The zero-order valence-corrected chi connectivity index (χ0v) is 11.9. The van der Waals surface area contributed by atoms with Gasteiger partial charge < -0.3 is 10.1 Å². The first-order valence-corrected chi connectivity index (χ1v) is 8.13. The van der Waals surface area contributed by atoms with Crippen molar-refractivity contribution in [2.24, 2.45) is 0 Å². The Bertz CT molecular complexity index is 510. The first-order chi connectivity index (χ1) is 9.11. The van der Waals surface area contributed by atoms with E-state index in [4.69, 9.17) is 4.74 Å². The van der Waals surface area contributed by atoms with Crippen LogP contribution in [0.15, 0.2) is 24.3 Å². The smallest absolute Gasteiger partial charge is 0.232 e. The number of benzene rings is 1. The van der Waals surface area contributed by atoms with Gasteiger partial charge >= 0.3 is 0 Å². The van der Waals surface area contributed by atoms with Crippen molar-refractivity contribution in [3.8, 4) is 5.75 Å². The van der Waals surface area contributed by atoms with Gasteiger partial charge in [0.05, 0.1) is 18.6 Å². The van der Waals surface area contributed by atoms with Crippen LogP contribution in [0.1, 0.15) is 19.3 Å². The fraction of sp³-hybridized carbons (Fsp3) is 0.538. The Morgan fingerprint density at radius 1 is 1.42 bits per heavy atom. The van der Waals surface area contributed by atoms with Crippen molar-refractivity contribution in [3.05, 3.63) is 24.3 Å². The van der Waals surface area contributed by atoms with Crippen LogP contribution in [0.5, 0.6) is 5.75 Å². The van der Waals surface area contributed by atoms with E-state index in [1.54, 1.807) is 24.3 Å². The minimum absolute atomic E-state index is 0.128. The van der Waals surface area contributed by atoms with Crippen LogP contribution in [0, 0.1) is 0 Å². The quantitative estimate of drug-likeness (QED) is 0.832. The molecule has 106 valence electrons. The Hall–Kier alpha value is -1.27. The lowest BCUT2D eigenvalue weighted by molar-refractivity contribution is 0.417. The number of para-hydroxylation sites is 2. The topological polar surface area (TPSA) is 67.4 Å². The van der Waals surface area contributed by atoms with Crippen molar-refractivity contribution in [1.82, 2.24) is 5.32 Å². The number of hydrogen-bond donors (Lipinski definition) is 2. The standard InChI is InChI=1S/C13H20N2O3S/c1-18-13-7-3-2-6-12(13)15-19(16,17)10-8-11-5-4-9-14-11/h2-3,6-7,11,14-15H,4-5,8-10H2,1H3. The van der Waals surface area contributed by atoms with Gasteiger partial charge in [0.25, 0.3) is 0 Å². The lowest BCUT2D eigenvalue weighted by atomic mass is 10.2. The predicted molar refractivity (Wildman–Crippen MR) is 76.0 cm³/mol. The summed E-state index contributed by atoms with van der Waals surface area (Å²) in [5.74, 6) is 0.660. The van der Waals surface area contributed by atoms with Gasteiger partial charge in [-0.15, -0.1) is 0 Å². The summed E-state index contributed by atoms with van der Waals surface area (Å²) in [5, 5.41) is 3.30. The molecule has 0 aliphatic carbocycles. The maximum atomic E-state index is 12.0. The van der Waals surface area contributed by atoms with Gasteiger partial charge in [-0.05, 0) is 37.9 Å². The van der Waals surface area contributed by atoms with Gasteiger partial charge in [0.15, 0.2) is 0 Å². The third-order valence-corrected chi connectivity index (χ3v) is 4.57. The molecule has 1 heterocycles. The van der Waals surface area contributed by atoms with Crippen LogP contribution in [0.2, 0.25) is 0 Å². The van der Waals surface area contributed by atoms with Crippen LogP contribution in [0.25, 0.3) is 0 Å². The molecule has 0 radical (unpaired) electrons. The summed E-state index contributed by atoms with van der Waals surface area (Å²) in [4.78, 5) is 0. The average molecular weight is 284 g/mol. The molecule has 5 nitrogen and oxygen atoms in total. The molecule has 0 amide bonds. The van der Waals surface area contributed by atoms with Gasteiger partial charge in [-0.1, -0.05) is 12.1 Å². The SMILES string of the molecule is COc1ccccc1NS(=O)(=O)CCC1CCCN1. The Labute approximate surface area is 114 Å². The molecule has 1 saturated heterocycles. The van der Waals surface area contributed by atoms with Crippen LogP contribution in [0.3, 0.4) is 0 Å². The van der Waals surface area contributed by atoms with Crippen LogP contribution >= 0.6 is 0 Å². The van der Waals surface area contributed by atoms with E-state index in [2.05, 4.69) is 10.0 Å². The molecule has 0 bridgehead atoms. The van der Waals surface area contributed by atoms with Gasteiger partial charge in [-0.3, -0.25) is 4.72 Å². The molecule has 2 N–H and O–H groups in total. The van der Waals surface area contributed by atoms with Crippen molar-refractivity contribution >= 4 is 15.7 Å². The summed E-state index contributed by atoms with van der Waals surface area (Å²) < 4.78 is 31.8. The summed E-state index contributed by atoms with van der Waals surface area (Å²) in [6.07, 6.45) is 2.83. The third-order valence-electron chi connectivity index (χ3n) is 3.27. The molecular formula is C13H20N2O3S. The van der Waals surface area contributed by atoms with Crippen molar-refractivity contribution in [1.29, 1.82) is 0 Å². The molecule has 1 fully saturated rings. The molecule has 0 saturated carbocycles. The molecule has 1 aromatic carbocycles. The highest BCUT2D eigenvalue weighted by molar-refractivity contribution is 7.92. The first kappa shape index (κ1) is 14.1. The summed E-state index contributed by atoms with van der Waals surface area (Å²) in [5.41, 5.74) is 0.490. The Morgan fingerprint density at radius 3 is 2.89 bits per heavy atom. The number of hydrogen-bond acceptors (Lipinski definition) is 4. The third kappa shape index (κ3) is 4.11. The Kier molecular flexibility index (Phi) is 4.66. The monoisotopic (exact) mass is 284 g/mol. The maximum absolute atomic E-state index is 12.0. The van der Waals surface area contributed by atoms with E-state index >= 15 is 0 Å². The lowest BCUT2D eigenvalue weighted by Crippen LogP contribution is -2.26. The summed E-state index contributed by atoms with van der Waals surface area (Å²) >= 11 is 0. The van der Waals surface area contributed by atoms with Crippen LogP contribution in [-0.2, 0) is 10.0 Å². The fourth-order valence-electron chi connectivity index (χ4n) is 2.25. The molecule has 0 aromatic heterocycles. The zero-order valence-electron chi connectivity index (χ0n) is 11.1. The normalized spacial score (nSPS) is 19.3. The minimum Gasteiger partial charge on any atom is -0.495 e. The maximum Gasteiger partial charge on any atom is 0.232 e. The second-order valence-electron chi connectivity index (χ2n) is 4.70. The van der Waals surface area contributed by atoms with Gasteiger partial charge in [0.2, 0.25) is 10.0 Å². The molecule has 1 aliphatic heterocycles. The molecule has 6 heteroatoms. The Balaban J connectivity index is 1.96. The van der Waals surface area contributed by atoms with Crippen molar-refractivity contribution < 1.29 is 13.2 Å². The van der Waals surface area contributed by atoms with Crippen molar-refractivity contribution in [3.63, 3.8) is 0 Å². The van der Waals surface area contributed by atoms with Crippen LogP contribution < -0.4 is 14.8 Å². The van der Waals surface area contributed by atoms with E-state index in [9.17, 15) is 8.42 Å². The van der Waals surface area contributed by atoms with Gasteiger partial charge in [0.1, 0.15) is 5.75 Å². The molecule has 19 heavy (non-hydrogen) atoms. The largest absolute Gasteiger partial charge is 0.495 e. The van der Waals surface area contributed by atoms with Crippen LogP contribution in [0.4, 0.5) is 5.69 Å². The van der Waals surface area contributed by atoms with E-state index in [0.29, 0.717) is 23.9 Å². The summed E-state index contributed by atoms with van der Waals surface area (Å²) in [7, 11) is -1.80. The number of ether oxygens (including phenoxy) is 1. The number of methoxy groups -OCH3 is 1. The molecule has 1 aliphatic rings. The van der Waals surface area contributed by atoms with E-state index in [-0.39, 0.29) is 5.75 Å². The van der Waals surface area contributed by atoms with Gasteiger partial charge in [-0.25, -0.2) is 8.42 Å². The first-order valence-electron chi connectivity index (χ1n) is 6.47. The second-order valence-corrected chi connectivity index (χ2v) is 6.55. The number of anilines is 1. The van der Waals surface area contributed by atoms with E-state index < -0.39 is 10.0 Å². The van der Waals surface area contributed by atoms with Gasteiger partial charge in [-0.2, -0.15) is 0 Å². The second kappa shape index (κ2) is 6.25. The highest BCUT2D eigenvalue weighted by atomic mass is 32.2. The molecule has 2 rings (SSSR count). The number of sulfonamides is 1. The summed E-state index contributed by atoms with van der Waals surface area (Å²) in [6.45, 7) is 0.991. The highest BCUT2D eigenvalue weighted by Gasteiger charge is 2.19. The number of nitrogens with one attached hydrogen (secondary N) is 2. The van der Waals surface area contributed by atoms with Crippen molar-refractivity contribution in [2.75, 3.05) is 24.1 Å². The number of rotatable bonds is 6. The predicted octanol–water partition coefficient (Wildman–Crippen LogP) is 1.58. The molecule has 1 atom stereocenters. The van der Waals surface area contributed by atoms with E-state index in [0.717, 1.165) is 19.4 Å².